The summed E-state index contributed by atoms with van der Waals surface area (Å²) in [7, 11) is 0. The molecule has 0 atom stereocenters. The van der Waals surface area contributed by atoms with Crippen LogP contribution in [0.4, 0.5) is 4.39 Å². The fraction of sp³-hybridized carbons (Fsp3) is 0.136. The Hall–Kier alpha value is -3.49. The molecule has 3 heterocycles. The van der Waals surface area contributed by atoms with Gasteiger partial charge in [0.25, 0.3) is 5.91 Å². The SMILES string of the molecule is O=C1NCCOCc2cc(F)c(Cl)cc2Oc2ccnc3ccc(cc23)-c2cnc1[nH]2. The van der Waals surface area contributed by atoms with Crippen molar-refractivity contribution < 1.29 is 18.7 Å². The van der Waals surface area contributed by atoms with E-state index in [1.807, 2.05) is 18.2 Å². The topological polar surface area (TPSA) is 89.1 Å². The molecule has 4 aromatic rings. The number of imidazole rings is 1. The van der Waals surface area contributed by atoms with Crippen molar-refractivity contribution in [2.45, 2.75) is 6.61 Å². The van der Waals surface area contributed by atoms with Crippen molar-refractivity contribution in [2.24, 2.45) is 0 Å². The second-order valence-electron chi connectivity index (χ2n) is 6.97. The van der Waals surface area contributed by atoms with E-state index in [9.17, 15) is 9.18 Å². The first-order valence-corrected chi connectivity index (χ1v) is 9.92. The Morgan fingerprint density at radius 2 is 2.00 bits per heavy atom. The van der Waals surface area contributed by atoms with Gasteiger partial charge in [0, 0.05) is 35.3 Å². The standard InChI is InChI=1S/C22H16ClFN4O3/c23-15-9-20-13(8-16(15)24)11-30-6-5-26-22(29)21-27-10-18(28-21)12-1-2-17-14(7-12)19(31-20)3-4-25-17/h1-4,7-10H,5-6,11H2,(H,26,29)(H,27,28). The van der Waals surface area contributed by atoms with Crippen LogP contribution in [0.2, 0.25) is 5.02 Å². The number of aromatic nitrogens is 3. The van der Waals surface area contributed by atoms with Gasteiger partial charge < -0.3 is 19.8 Å². The third-order valence-electron chi connectivity index (χ3n) is 4.92. The minimum absolute atomic E-state index is 0.0514. The molecular weight excluding hydrogens is 423 g/mol. The number of carbonyl (C=O) groups is 1. The van der Waals surface area contributed by atoms with Crippen LogP contribution in [0.5, 0.6) is 11.5 Å². The number of nitrogens with zero attached hydrogens (tertiary/aromatic N) is 2. The summed E-state index contributed by atoms with van der Waals surface area (Å²) in [4.78, 5) is 23.9. The van der Waals surface area contributed by atoms with E-state index in [4.69, 9.17) is 21.1 Å². The molecule has 1 amide bonds. The summed E-state index contributed by atoms with van der Waals surface area (Å²) >= 11 is 6.00. The molecule has 2 N–H and O–H groups in total. The van der Waals surface area contributed by atoms with Crippen LogP contribution in [-0.4, -0.2) is 34.0 Å². The largest absolute Gasteiger partial charge is 0.456 e. The number of benzene rings is 2. The van der Waals surface area contributed by atoms with Gasteiger partial charge >= 0.3 is 0 Å². The van der Waals surface area contributed by atoms with Gasteiger partial charge in [-0.2, -0.15) is 0 Å². The highest BCUT2D eigenvalue weighted by molar-refractivity contribution is 6.30. The molecule has 0 spiro atoms. The van der Waals surface area contributed by atoms with Crippen LogP contribution >= 0.6 is 11.6 Å². The number of aromatic amines is 1. The zero-order chi connectivity index (χ0) is 21.4. The molecule has 0 saturated heterocycles. The number of nitrogens with one attached hydrogen (secondary N) is 2. The number of amides is 1. The van der Waals surface area contributed by atoms with Gasteiger partial charge in [-0.15, -0.1) is 0 Å². The van der Waals surface area contributed by atoms with Crippen molar-refractivity contribution in [3.8, 4) is 22.8 Å². The van der Waals surface area contributed by atoms with Gasteiger partial charge in [0.1, 0.15) is 17.3 Å². The summed E-state index contributed by atoms with van der Waals surface area (Å²) in [6.45, 7) is 0.571. The average molecular weight is 439 g/mol. The van der Waals surface area contributed by atoms with Crippen LogP contribution in [0.15, 0.2) is 48.8 Å². The van der Waals surface area contributed by atoms with Crippen molar-refractivity contribution in [1.82, 2.24) is 20.3 Å². The van der Waals surface area contributed by atoms with E-state index < -0.39 is 5.82 Å². The first-order valence-electron chi connectivity index (χ1n) is 9.54. The van der Waals surface area contributed by atoms with Crippen molar-refractivity contribution in [3.05, 3.63) is 71.0 Å². The van der Waals surface area contributed by atoms with Crippen molar-refractivity contribution in [3.63, 3.8) is 0 Å². The highest BCUT2D eigenvalue weighted by atomic mass is 35.5. The molecule has 0 unspecified atom stereocenters. The van der Waals surface area contributed by atoms with E-state index in [-0.39, 0.29) is 36.5 Å². The molecule has 31 heavy (non-hydrogen) atoms. The van der Waals surface area contributed by atoms with Gasteiger partial charge in [-0.05, 0) is 24.3 Å². The summed E-state index contributed by atoms with van der Waals surface area (Å²) in [5.41, 5.74) is 2.70. The number of H-pyrrole nitrogens is 1. The summed E-state index contributed by atoms with van der Waals surface area (Å²) in [6, 6.07) is 10.1. The lowest BCUT2D eigenvalue weighted by atomic mass is 10.1. The van der Waals surface area contributed by atoms with Crippen molar-refractivity contribution >= 4 is 28.4 Å². The Balaban J connectivity index is 1.66. The molecule has 2 aromatic carbocycles. The molecule has 7 nitrogen and oxygen atoms in total. The minimum atomic E-state index is -0.565. The summed E-state index contributed by atoms with van der Waals surface area (Å²) in [5, 5.41) is 3.42. The van der Waals surface area contributed by atoms with Gasteiger partial charge in [0.05, 0.1) is 35.6 Å². The lowest BCUT2D eigenvalue weighted by Crippen LogP contribution is -2.28. The Morgan fingerprint density at radius 3 is 2.90 bits per heavy atom. The number of fused-ring (bicyclic) bond motifs is 5. The smallest absolute Gasteiger partial charge is 0.287 e. The molecule has 5 rings (SSSR count). The molecule has 0 aliphatic carbocycles. The van der Waals surface area contributed by atoms with Crippen LogP contribution in [-0.2, 0) is 11.3 Å². The van der Waals surface area contributed by atoms with Crippen molar-refractivity contribution in [1.29, 1.82) is 0 Å². The van der Waals surface area contributed by atoms with Gasteiger partial charge in [0.15, 0.2) is 5.82 Å². The molecule has 9 heteroatoms. The van der Waals surface area contributed by atoms with Gasteiger partial charge in [0.2, 0.25) is 0 Å². The Kier molecular flexibility index (Phi) is 5.01. The summed E-state index contributed by atoms with van der Waals surface area (Å²) in [5.74, 6) is 0.202. The van der Waals surface area contributed by atoms with Crippen LogP contribution in [0, 0.1) is 5.82 Å². The van der Waals surface area contributed by atoms with Crippen LogP contribution in [0.1, 0.15) is 16.2 Å². The number of rotatable bonds is 0. The zero-order valence-electron chi connectivity index (χ0n) is 16.1. The normalized spacial score (nSPS) is 14.2. The van der Waals surface area contributed by atoms with Gasteiger partial charge in [-0.3, -0.25) is 9.78 Å². The number of halogens is 2. The lowest BCUT2D eigenvalue weighted by Gasteiger charge is -2.15. The molecule has 0 saturated carbocycles. The Morgan fingerprint density at radius 1 is 1.10 bits per heavy atom. The number of pyridine rings is 1. The monoisotopic (exact) mass is 438 g/mol. The Bertz CT molecular complexity index is 1310. The number of carbonyl (C=O) groups excluding carboxylic acids is 1. The van der Waals surface area contributed by atoms with E-state index in [1.54, 1.807) is 18.5 Å². The lowest BCUT2D eigenvalue weighted by molar-refractivity contribution is 0.0890. The highest BCUT2D eigenvalue weighted by Gasteiger charge is 2.16. The fourth-order valence-corrected chi connectivity index (χ4v) is 3.51. The predicted molar refractivity (Wildman–Crippen MR) is 113 cm³/mol. The molecule has 1 aliphatic rings. The maximum absolute atomic E-state index is 14.1. The number of hydrogen-bond donors (Lipinski definition) is 2. The molecule has 2 aromatic heterocycles. The second kappa shape index (κ2) is 7.98. The zero-order valence-corrected chi connectivity index (χ0v) is 16.9. The van der Waals surface area contributed by atoms with Crippen LogP contribution in [0.3, 0.4) is 0 Å². The van der Waals surface area contributed by atoms with Crippen molar-refractivity contribution in [2.75, 3.05) is 13.2 Å². The number of ether oxygens (including phenoxy) is 2. The maximum Gasteiger partial charge on any atom is 0.287 e. The third-order valence-corrected chi connectivity index (χ3v) is 5.21. The fourth-order valence-electron chi connectivity index (χ4n) is 3.36. The quantitative estimate of drug-likeness (QED) is 0.423. The maximum atomic E-state index is 14.1. The highest BCUT2D eigenvalue weighted by Crippen LogP contribution is 2.35. The third kappa shape index (κ3) is 3.83. The van der Waals surface area contributed by atoms with Gasteiger partial charge in [-0.1, -0.05) is 17.7 Å². The molecule has 156 valence electrons. The van der Waals surface area contributed by atoms with E-state index in [0.29, 0.717) is 28.3 Å². The van der Waals surface area contributed by atoms with E-state index in [2.05, 4.69) is 20.3 Å². The molecule has 4 bridgehead atoms. The van der Waals surface area contributed by atoms with Crippen LogP contribution in [0.25, 0.3) is 22.2 Å². The molecular formula is C22H16ClFN4O3. The van der Waals surface area contributed by atoms with Gasteiger partial charge in [-0.25, -0.2) is 9.37 Å². The van der Waals surface area contributed by atoms with E-state index in [1.165, 1.54) is 12.1 Å². The number of hydrogen-bond acceptors (Lipinski definition) is 5. The molecule has 1 aliphatic heterocycles. The Labute approximate surface area is 181 Å². The van der Waals surface area contributed by atoms with E-state index >= 15 is 0 Å². The average Bonchev–Trinajstić information content (AvgIpc) is 3.26. The first kappa shape index (κ1) is 19.5. The van der Waals surface area contributed by atoms with E-state index in [0.717, 1.165) is 10.9 Å². The molecule has 0 fully saturated rings. The first-order chi connectivity index (χ1) is 15.1. The summed E-state index contributed by atoms with van der Waals surface area (Å²) < 4.78 is 25.9. The minimum Gasteiger partial charge on any atom is -0.456 e. The van der Waals surface area contributed by atoms with Crippen LogP contribution < -0.4 is 10.1 Å². The second-order valence-corrected chi connectivity index (χ2v) is 7.38. The molecule has 0 radical (unpaired) electrons. The predicted octanol–water partition coefficient (Wildman–Crippen LogP) is 4.47. The summed E-state index contributed by atoms with van der Waals surface area (Å²) in [6.07, 6.45) is 3.23.